The van der Waals surface area contributed by atoms with Gasteiger partial charge in [0.25, 0.3) is 0 Å². The lowest BCUT2D eigenvalue weighted by atomic mass is 10.00. The van der Waals surface area contributed by atoms with Crippen molar-refractivity contribution in [2.75, 3.05) is 10.6 Å². The Morgan fingerprint density at radius 1 is 1.11 bits per heavy atom. The van der Waals surface area contributed by atoms with E-state index in [1.807, 2.05) is 32.9 Å². The van der Waals surface area contributed by atoms with Crippen LogP contribution >= 0.6 is 11.6 Å². The highest BCUT2D eigenvalue weighted by atomic mass is 35.5. The second-order valence-corrected chi connectivity index (χ2v) is 9.10. The van der Waals surface area contributed by atoms with Crippen molar-refractivity contribution in [3.8, 4) is 0 Å². The summed E-state index contributed by atoms with van der Waals surface area (Å²) < 4.78 is 25.8. The Bertz CT molecular complexity index is 944. The van der Waals surface area contributed by atoms with Crippen LogP contribution in [-0.2, 0) is 14.8 Å². The molecular formula is C20H25ClN2O3S. The Kier molecular flexibility index (Phi) is 6.54. The maximum absolute atomic E-state index is 12.8. The average Bonchev–Trinajstić information content (AvgIpc) is 2.53. The molecule has 1 amide bonds. The number of halogens is 1. The molecule has 0 radical (unpaired) electrons. The van der Waals surface area contributed by atoms with Gasteiger partial charge in [-0.15, -0.1) is 0 Å². The summed E-state index contributed by atoms with van der Waals surface area (Å²) in [5.74, 6) is -0.382. The number of benzene rings is 2. The highest BCUT2D eigenvalue weighted by molar-refractivity contribution is 7.92. The maximum Gasteiger partial charge on any atom is 0.244 e. The van der Waals surface area contributed by atoms with E-state index in [0.29, 0.717) is 10.7 Å². The number of carbonyl (C=O) groups excluding carboxylic acids is 1. The van der Waals surface area contributed by atoms with Gasteiger partial charge in [0.1, 0.15) is 6.04 Å². The molecule has 2 aromatic carbocycles. The zero-order valence-corrected chi connectivity index (χ0v) is 17.7. The largest absolute Gasteiger partial charge is 0.348 e. The van der Waals surface area contributed by atoms with E-state index in [1.54, 1.807) is 25.1 Å². The number of carbonyl (C=O) groups is 1. The Morgan fingerprint density at radius 3 is 2.33 bits per heavy atom. The first kappa shape index (κ1) is 21.3. The van der Waals surface area contributed by atoms with Crippen LogP contribution in [-0.4, -0.2) is 26.6 Å². The van der Waals surface area contributed by atoms with Crippen LogP contribution in [0.3, 0.4) is 0 Å². The number of nitrogens with zero attached hydrogens (tertiary/aromatic N) is 1. The minimum atomic E-state index is -3.68. The van der Waals surface area contributed by atoms with Crippen LogP contribution in [0.25, 0.3) is 0 Å². The molecule has 0 aliphatic heterocycles. The second-order valence-electron chi connectivity index (χ2n) is 6.80. The molecular weight excluding hydrogens is 384 g/mol. The normalized spacial score (nSPS) is 13.7. The van der Waals surface area contributed by atoms with Gasteiger partial charge in [-0.25, -0.2) is 8.42 Å². The first-order valence-corrected chi connectivity index (χ1v) is 10.9. The van der Waals surface area contributed by atoms with Crippen LogP contribution in [0, 0.1) is 13.8 Å². The van der Waals surface area contributed by atoms with Crippen molar-refractivity contribution in [2.45, 2.75) is 39.8 Å². The summed E-state index contributed by atoms with van der Waals surface area (Å²) in [7, 11) is -3.68. The number of nitrogens with one attached hydrogen (secondary N) is 1. The third kappa shape index (κ3) is 5.23. The molecule has 146 valence electrons. The van der Waals surface area contributed by atoms with Crippen LogP contribution in [0.4, 0.5) is 5.69 Å². The first-order valence-electron chi connectivity index (χ1n) is 8.63. The predicted octanol–water partition coefficient (Wildman–Crippen LogP) is 3.99. The first-order chi connectivity index (χ1) is 12.5. The van der Waals surface area contributed by atoms with Gasteiger partial charge in [-0.1, -0.05) is 41.4 Å². The molecule has 1 N–H and O–H groups in total. The summed E-state index contributed by atoms with van der Waals surface area (Å²) in [5.41, 5.74) is 3.57. The van der Waals surface area contributed by atoms with E-state index in [-0.39, 0.29) is 11.9 Å². The summed E-state index contributed by atoms with van der Waals surface area (Å²) in [4.78, 5) is 12.8. The molecule has 0 saturated heterocycles. The minimum Gasteiger partial charge on any atom is -0.348 e. The molecule has 2 aromatic rings. The Morgan fingerprint density at radius 2 is 1.78 bits per heavy atom. The summed E-state index contributed by atoms with van der Waals surface area (Å²) in [5, 5.41) is 3.32. The third-order valence-corrected chi connectivity index (χ3v) is 5.88. The second kappa shape index (κ2) is 8.31. The summed E-state index contributed by atoms with van der Waals surface area (Å²) in [6.45, 7) is 7.44. The summed E-state index contributed by atoms with van der Waals surface area (Å²) in [6.07, 6.45) is 1.07. The number of anilines is 1. The fourth-order valence-corrected chi connectivity index (χ4v) is 4.50. The summed E-state index contributed by atoms with van der Waals surface area (Å²) >= 11 is 6.00. The molecule has 0 fully saturated rings. The number of aryl methyl sites for hydroxylation is 2. The topological polar surface area (TPSA) is 66.5 Å². The van der Waals surface area contributed by atoms with E-state index in [9.17, 15) is 13.2 Å². The quantitative estimate of drug-likeness (QED) is 0.785. The third-order valence-electron chi connectivity index (χ3n) is 4.40. The van der Waals surface area contributed by atoms with E-state index in [0.717, 1.165) is 27.3 Å². The van der Waals surface area contributed by atoms with Crippen molar-refractivity contribution in [2.24, 2.45) is 0 Å². The van der Waals surface area contributed by atoms with E-state index in [1.165, 1.54) is 6.07 Å². The Hall–Kier alpha value is -2.05. The Balaban J connectivity index is 2.27. The van der Waals surface area contributed by atoms with Crippen LogP contribution in [0.2, 0.25) is 5.02 Å². The molecule has 0 saturated carbocycles. The molecule has 0 heterocycles. The lowest BCUT2D eigenvalue weighted by Crippen LogP contribution is -2.48. The van der Waals surface area contributed by atoms with Gasteiger partial charge in [0.15, 0.2) is 0 Å². The van der Waals surface area contributed by atoms with Gasteiger partial charge in [-0.2, -0.15) is 0 Å². The molecule has 0 spiro atoms. The number of sulfonamides is 1. The van der Waals surface area contributed by atoms with Crippen LogP contribution in [0.15, 0.2) is 42.5 Å². The highest BCUT2D eigenvalue weighted by Crippen LogP contribution is 2.25. The molecule has 7 heteroatoms. The van der Waals surface area contributed by atoms with Crippen LogP contribution in [0.1, 0.15) is 36.6 Å². The molecule has 2 atom stereocenters. The van der Waals surface area contributed by atoms with E-state index >= 15 is 0 Å². The van der Waals surface area contributed by atoms with E-state index < -0.39 is 16.1 Å². The number of rotatable bonds is 6. The molecule has 27 heavy (non-hydrogen) atoms. The molecule has 0 aromatic heterocycles. The smallest absolute Gasteiger partial charge is 0.244 e. The number of amides is 1. The molecule has 0 aliphatic rings. The maximum atomic E-state index is 12.8. The van der Waals surface area contributed by atoms with Crippen molar-refractivity contribution in [1.29, 1.82) is 0 Å². The highest BCUT2D eigenvalue weighted by Gasteiger charge is 2.30. The lowest BCUT2D eigenvalue weighted by molar-refractivity contribution is -0.122. The lowest BCUT2D eigenvalue weighted by Gasteiger charge is -2.29. The molecule has 0 bridgehead atoms. The van der Waals surface area contributed by atoms with Gasteiger partial charge in [0, 0.05) is 5.02 Å². The van der Waals surface area contributed by atoms with Crippen LogP contribution < -0.4 is 9.62 Å². The van der Waals surface area contributed by atoms with Crippen molar-refractivity contribution < 1.29 is 13.2 Å². The fourth-order valence-electron chi connectivity index (χ4n) is 3.15. The number of hydrogen-bond donors (Lipinski definition) is 1. The van der Waals surface area contributed by atoms with Gasteiger partial charge in [-0.3, -0.25) is 9.10 Å². The van der Waals surface area contributed by atoms with Gasteiger partial charge in [0.05, 0.1) is 18.0 Å². The SMILES string of the molecule is Cc1ccc(C(C)NC(=O)C(C)N(c2cccc(Cl)c2)S(C)(=O)=O)c(C)c1. The van der Waals surface area contributed by atoms with E-state index in [4.69, 9.17) is 11.6 Å². The molecule has 0 aliphatic carbocycles. The predicted molar refractivity (Wildman–Crippen MR) is 111 cm³/mol. The van der Waals surface area contributed by atoms with Gasteiger partial charge in [0.2, 0.25) is 15.9 Å². The molecule has 2 rings (SSSR count). The van der Waals surface area contributed by atoms with Gasteiger partial charge >= 0.3 is 0 Å². The minimum absolute atomic E-state index is 0.249. The average molecular weight is 409 g/mol. The van der Waals surface area contributed by atoms with E-state index in [2.05, 4.69) is 11.4 Å². The van der Waals surface area contributed by atoms with Crippen molar-refractivity contribution in [3.63, 3.8) is 0 Å². The number of hydrogen-bond acceptors (Lipinski definition) is 3. The van der Waals surface area contributed by atoms with Crippen molar-refractivity contribution >= 4 is 33.2 Å². The fraction of sp³-hybridized carbons (Fsp3) is 0.350. The van der Waals surface area contributed by atoms with Crippen molar-refractivity contribution in [3.05, 3.63) is 64.2 Å². The zero-order valence-electron chi connectivity index (χ0n) is 16.2. The molecule has 5 nitrogen and oxygen atoms in total. The zero-order chi connectivity index (χ0) is 20.4. The van der Waals surface area contributed by atoms with Crippen molar-refractivity contribution in [1.82, 2.24) is 5.32 Å². The standard InChI is InChI=1S/C20H25ClN2O3S/c1-13-9-10-19(14(2)11-13)15(3)22-20(24)16(4)23(27(5,25)26)18-8-6-7-17(21)12-18/h6-12,15-16H,1-5H3,(H,22,24). The molecule has 2 unspecified atom stereocenters. The monoisotopic (exact) mass is 408 g/mol. The Labute approximate surface area is 166 Å². The van der Waals surface area contributed by atoms with Crippen LogP contribution in [0.5, 0.6) is 0 Å². The van der Waals surface area contributed by atoms with Gasteiger partial charge < -0.3 is 5.32 Å². The summed E-state index contributed by atoms with van der Waals surface area (Å²) in [6, 6.07) is 11.3. The van der Waals surface area contributed by atoms with Gasteiger partial charge in [-0.05, 0) is 57.0 Å².